The Bertz CT molecular complexity index is 307. The van der Waals surface area contributed by atoms with E-state index in [0.717, 1.165) is 0 Å². The van der Waals surface area contributed by atoms with Gasteiger partial charge in [0, 0.05) is 9.75 Å². The molecule has 1 atom stereocenters. The van der Waals surface area contributed by atoms with Crippen LogP contribution in [0.5, 0.6) is 0 Å². The van der Waals surface area contributed by atoms with Crippen molar-refractivity contribution in [3.8, 4) is 0 Å². The van der Waals surface area contributed by atoms with E-state index < -0.39 is 0 Å². The molecule has 1 unspecified atom stereocenters. The van der Waals surface area contributed by atoms with Gasteiger partial charge in [-0.15, -0.1) is 11.3 Å². The lowest BCUT2D eigenvalue weighted by Gasteiger charge is -2.19. The van der Waals surface area contributed by atoms with Crippen molar-refractivity contribution < 1.29 is 0 Å². The Morgan fingerprint density at radius 1 is 1.14 bits per heavy atom. The Balaban J connectivity index is 3.00. The molecule has 1 aromatic heterocycles. The first kappa shape index (κ1) is 13.2. The van der Waals surface area contributed by atoms with E-state index in [2.05, 4.69) is 85.0 Å². The van der Waals surface area contributed by atoms with Crippen molar-refractivity contribution in [2.45, 2.75) is 41.0 Å². The summed E-state index contributed by atoms with van der Waals surface area (Å²) in [6.45, 7) is 9.09. The molecule has 0 amide bonds. The third kappa shape index (κ3) is 3.07. The van der Waals surface area contributed by atoms with Gasteiger partial charge in [-0.2, -0.15) is 0 Å². The predicted octanol–water partition coefficient (Wildman–Crippen LogP) is 5.48. The van der Waals surface area contributed by atoms with Crippen LogP contribution in [0.1, 0.15) is 43.9 Å². The lowest BCUT2D eigenvalue weighted by atomic mass is 10.1. The Kier molecular flexibility index (Phi) is 4.32. The molecule has 0 bridgehead atoms. The number of hydrogen-bond donors (Lipinski definition) is 0. The molecule has 0 fully saturated rings. The summed E-state index contributed by atoms with van der Waals surface area (Å²) in [6.07, 6.45) is 1.19. The summed E-state index contributed by atoms with van der Waals surface area (Å²) in [5, 5.41) is 0. The Hall–Kier alpha value is 1.16. The van der Waals surface area contributed by atoms with Gasteiger partial charge < -0.3 is 0 Å². The molecule has 0 nitrogen and oxygen atoms in total. The molecule has 0 aliphatic rings. The van der Waals surface area contributed by atoms with Gasteiger partial charge in [-0.3, -0.25) is 0 Å². The molecule has 1 rings (SSSR count). The Labute approximate surface area is 118 Å². The summed E-state index contributed by atoms with van der Waals surface area (Å²) in [7, 11) is 0. The summed E-state index contributed by atoms with van der Waals surface area (Å²) < 4.78 is 0.573. The third-order valence-corrected chi connectivity index (χ3v) is 6.70. The molecule has 0 saturated carbocycles. The minimum Gasteiger partial charge on any atom is -0.143 e. The van der Waals surface area contributed by atoms with E-state index in [9.17, 15) is 0 Å². The highest BCUT2D eigenvalue weighted by molar-refractivity contribution is 14.1. The zero-order chi connectivity index (χ0) is 11.0. The van der Waals surface area contributed by atoms with Crippen LogP contribution in [-0.4, -0.2) is 0 Å². The normalized spacial score (nSPS) is 16.7. The average molecular weight is 434 g/mol. The second-order valence-corrected chi connectivity index (χ2v) is 10.3. The minimum atomic E-state index is 0.265. The van der Waals surface area contributed by atoms with Crippen LogP contribution in [0.4, 0.5) is 0 Å². The molecule has 80 valence electrons. The molecule has 14 heavy (non-hydrogen) atoms. The zero-order valence-corrected chi connectivity index (χ0v) is 14.2. The molecule has 0 saturated heterocycles. The quantitative estimate of drug-likeness (QED) is 0.437. The van der Waals surface area contributed by atoms with Gasteiger partial charge in [0.25, 0.3) is 0 Å². The highest BCUT2D eigenvalue weighted by Crippen LogP contribution is 2.43. The van der Waals surface area contributed by atoms with E-state index in [0.29, 0.717) is 3.42 Å². The van der Waals surface area contributed by atoms with Crippen molar-refractivity contribution in [1.29, 1.82) is 0 Å². The molecule has 1 aromatic rings. The van der Waals surface area contributed by atoms with Gasteiger partial charge in [0.15, 0.2) is 0 Å². The van der Waals surface area contributed by atoms with Gasteiger partial charge in [0.1, 0.15) is 0 Å². The van der Waals surface area contributed by atoms with Crippen LogP contribution in [-0.2, 0) is 6.84 Å². The topological polar surface area (TPSA) is 0 Å². The monoisotopic (exact) mass is 434 g/mol. The molecule has 0 N–H and O–H groups in total. The minimum absolute atomic E-state index is 0.265. The first-order chi connectivity index (χ1) is 6.27. The molecule has 0 radical (unpaired) electrons. The molecule has 3 heteroatoms. The first-order valence-electron chi connectivity index (χ1n) is 4.76. The van der Waals surface area contributed by atoms with Crippen LogP contribution in [0.15, 0.2) is 12.1 Å². The van der Waals surface area contributed by atoms with Gasteiger partial charge in [0.2, 0.25) is 0 Å². The predicted molar refractivity (Wildman–Crippen MR) is 83.0 cm³/mol. The largest absolute Gasteiger partial charge is 0.143 e. The van der Waals surface area contributed by atoms with E-state index in [1.54, 1.807) is 0 Å². The number of rotatable bonds is 3. The average Bonchev–Trinajstić information content (AvgIpc) is 2.51. The molecule has 0 spiro atoms. The smallest absolute Gasteiger partial charge is 0.0533 e. The molecular weight excluding hydrogens is 418 g/mol. The van der Waals surface area contributed by atoms with Gasteiger partial charge in [-0.25, -0.2) is 0 Å². The van der Waals surface area contributed by atoms with E-state index >= 15 is 0 Å². The zero-order valence-electron chi connectivity index (χ0n) is 9.03. The van der Waals surface area contributed by atoms with Gasteiger partial charge >= 0.3 is 0 Å². The maximum Gasteiger partial charge on any atom is 0.0533 e. The third-order valence-electron chi connectivity index (χ3n) is 2.37. The van der Waals surface area contributed by atoms with Crippen molar-refractivity contribution >= 4 is 56.5 Å². The van der Waals surface area contributed by atoms with Crippen LogP contribution in [0, 0.1) is 0 Å². The first-order valence-corrected chi connectivity index (χ1v) is 7.73. The summed E-state index contributed by atoms with van der Waals surface area (Å²) in [5.74, 6) is 0. The SMILES string of the molecule is CCC(C)(I)c1ccc(C(C)(C)I)s1. The van der Waals surface area contributed by atoms with Crippen LogP contribution in [0.25, 0.3) is 0 Å². The highest BCUT2D eigenvalue weighted by atomic mass is 127. The highest BCUT2D eigenvalue weighted by Gasteiger charge is 2.25. The number of halogens is 2. The van der Waals surface area contributed by atoms with Gasteiger partial charge in [-0.05, 0) is 39.3 Å². The van der Waals surface area contributed by atoms with Gasteiger partial charge in [-0.1, -0.05) is 52.1 Å². The van der Waals surface area contributed by atoms with Gasteiger partial charge in [0.05, 0.1) is 6.84 Å². The lowest BCUT2D eigenvalue weighted by Crippen LogP contribution is -2.08. The number of thiophene rings is 1. The van der Waals surface area contributed by atoms with Crippen LogP contribution in [0.3, 0.4) is 0 Å². The second-order valence-electron chi connectivity index (χ2n) is 4.19. The van der Waals surface area contributed by atoms with Crippen molar-refractivity contribution in [3.63, 3.8) is 0 Å². The Morgan fingerprint density at radius 2 is 1.64 bits per heavy atom. The summed E-state index contributed by atoms with van der Waals surface area (Å²) in [6, 6.07) is 4.56. The maximum atomic E-state index is 2.56. The van der Waals surface area contributed by atoms with E-state index in [1.807, 2.05) is 11.3 Å². The van der Waals surface area contributed by atoms with E-state index in [-0.39, 0.29) is 3.42 Å². The number of alkyl halides is 2. The second kappa shape index (κ2) is 4.57. The lowest BCUT2D eigenvalue weighted by molar-refractivity contribution is 0.714. The van der Waals surface area contributed by atoms with Crippen LogP contribution < -0.4 is 0 Å². The fraction of sp³-hybridized carbons (Fsp3) is 0.636. The molecular formula is C11H16I2S. The van der Waals surface area contributed by atoms with Crippen molar-refractivity contribution in [1.82, 2.24) is 0 Å². The summed E-state index contributed by atoms with van der Waals surface area (Å²) >= 11 is 7.02. The molecule has 0 aromatic carbocycles. The molecule has 0 aliphatic heterocycles. The molecule has 0 aliphatic carbocycles. The standard InChI is InChI=1S/C11H16I2S/c1-5-11(4,13)9-7-6-8(14-9)10(2,3)12/h6-7H,5H2,1-4H3. The summed E-state index contributed by atoms with van der Waals surface area (Å²) in [4.78, 5) is 2.98. The fourth-order valence-corrected chi connectivity index (χ4v) is 3.24. The summed E-state index contributed by atoms with van der Waals surface area (Å²) in [5.41, 5.74) is 0. The number of hydrogen-bond acceptors (Lipinski definition) is 1. The van der Waals surface area contributed by atoms with Crippen LogP contribution in [0.2, 0.25) is 0 Å². The van der Waals surface area contributed by atoms with Crippen molar-refractivity contribution in [2.75, 3.05) is 0 Å². The van der Waals surface area contributed by atoms with Crippen LogP contribution >= 0.6 is 56.5 Å². The fourth-order valence-electron chi connectivity index (χ4n) is 1.11. The Morgan fingerprint density at radius 3 is 2.00 bits per heavy atom. The van der Waals surface area contributed by atoms with E-state index in [4.69, 9.17) is 0 Å². The van der Waals surface area contributed by atoms with Crippen molar-refractivity contribution in [2.24, 2.45) is 0 Å². The maximum absolute atomic E-state index is 2.56. The van der Waals surface area contributed by atoms with Crippen molar-refractivity contribution in [3.05, 3.63) is 21.9 Å². The molecule has 1 heterocycles. The van der Waals surface area contributed by atoms with E-state index in [1.165, 1.54) is 16.2 Å².